The van der Waals surface area contributed by atoms with Gasteiger partial charge in [0.2, 0.25) is 0 Å². The van der Waals surface area contributed by atoms with E-state index in [-0.39, 0.29) is 0 Å². The summed E-state index contributed by atoms with van der Waals surface area (Å²) in [5, 5.41) is 12.1. The first-order valence-electron chi connectivity index (χ1n) is 5.34. The molecular formula is C11H12Al2N2O4. The molecular weight excluding hydrogens is 278 g/mol. The van der Waals surface area contributed by atoms with Crippen molar-refractivity contribution in [2.75, 3.05) is 10.6 Å². The van der Waals surface area contributed by atoms with E-state index in [1.165, 1.54) is 0 Å². The van der Waals surface area contributed by atoms with Gasteiger partial charge in [0.15, 0.2) is 0 Å². The van der Waals surface area contributed by atoms with Gasteiger partial charge in [0.25, 0.3) is 0 Å². The van der Waals surface area contributed by atoms with Crippen LogP contribution in [0.15, 0.2) is 18.2 Å². The summed E-state index contributed by atoms with van der Waals surface area (Å²) in [5.74, 6) is 0. The molecule has 0 spiro atoms. The van der Waals surface area contributed by atoms with E-state index in [1.807, 2.05) is 6.92 Å². The van der Waals surface area contributed by atoms with Crippen LogP contribution >= 0.6 is 0 Å². The van der Waals surface area contributed by atoms with Gasteiger partial charge in [-0.15, -0.1) is 0 Å². The summed E-state index contributed by atoms with van der Waals surface area (Å²) in [5.41, 5.74) is 1.91. The van der Waals surface area contributed by atoms with Gasteiger partial charge < -0.3 is 0 Å². The van der Waals surface area contributed by atoms with Crippen molar-refractivity contribution in [3.8, 4) is 0 Å². The van der Waals surface area contributed by atoms with Gasteiger partial charge >= 0.3 is 123 Å². The molecule has 0 bridgehead atoms. The Labute approximate surface area is 123 Å². The fraction of sp³-hybridized carbons (Fsp3) is 0.0909. The Balaban J connectivity index is 2.81. The summed E-state index contributed by atoms with van der Waals surface area (Å²) in [6, 6.07) is 5.09. The maximum atomic E-state index is 11.3. The predicted octanol–water partition coefficient (Wildman–Crippen LogP) is 1.19. The Morgan fingerprint density at radius 3 is 2.26 bits per heavy atom. The first kappa shape index (κ1) is 15.6. The van der Waals surface area contributed by atoms with E-state index in [2.05, 4.69) is 21.4 Å². The Hall–Kier alpha value is -1.44. The van der Waals surface area contributed by atoms with E-state index >= 15 is 0 Å². The number of carbonyl (C=O) groups is 2. The minimum atomic E-state index is -0.614. The van der Waals surface area contributed by atoms with Crippen LogP contribution in [0.4, 0.5) is 21.0 Å². The molecule has 0 aliphatic carbocycles. The summed E-state index contributed by atoms with van der Waals surface area (Å²) < 4.78 is 9.51. The van der Waals surface area contributed by atoms with Crippen molar-refractivity contribution in [1.82, 2.24) is 0 Å². The third-order valence-electron chi connectivity index (χ3n) is 2.10. The van der Waals surface area contributed by atoms with Gasteiger partial charge in [0, 0.05) is 0 Å². The molecule has 8 heteroatoms. The SMILES string of the molecule is [CH2]=[Al][O]C(=O)Nc1ccc(C)c(NC(=O)[O][Al]=[CH2])c1. The Morgan fingerprint density at radius 1 is 1.11 bits per heavy atom. The molecule has 19 heavy (non-hydrogen) atoms. The maximum absolute atomic E-state index is 11.3. The van der Waals surface area contributed by atoms with Gasteiger partial charge in [-0.05, 0) is 0 Å². The van der Waals surface area contributed by atoms with Crippen LogP contribution < -0.4 is 10.6 Å². The molecule has 0 fully saturated rings. The third kappa shape index (κ3) is 5.38. The van der Waals surface area contributed by atoms with Gasteiger partial charge in [-0.1, -0.05) is 0 Å². The second-order valence-electron chi connectivity index (χ2n) is 3.42. The van der Waals surface area contributed by atoms with Crippen LogP contribution in [0.1, 0.15) is 5.56 Å². The molecule has 1 aromatic rings. The number of hydrogen-bond donors (Lipinski definition) is 2. The van der Waals surface area contributed by atoms with E-state index in [1.54, 1.807) is 18.2 Å². The second kappa shape index (κ2) is 7.88. The van der Waals surface area contributed by atoms with Crippen molar-refractivity contribution in [2.45, 2.75) is 6.92 Å². The zero-order chi connectivity index (χ0) is 14.3. The van der Waals surface area contributed by atoms with Crippen LogP contribution in [0.3, 0.4) is 0 Å². The van der Waals surface area contributed by atoms with Crippen LogP contribution in [0.25, 0.3) is 0 Å². The van der Waals surface area contributed by atoms with Crippen molar-refractivity contribution >= 4 is 64.6 Å². The van der Waals surface area contributed by atoms with Crippen LogP contribution in [-0.2, 0) is 7.58 Å². The summed E-state index contributed by atoms with van der Waals surface area (Å²) in [6.45, 7) is 1.83. The van der Waals surface area contributed by atoms with Crippen molar-refractivity contribution in [1.29, 1.82) is 0 Å². The molecule has 0 saturated carbocycles. The Kier molecular flexibility index (Phi) is 6.48. The van der Waals surface area contributed by atoms with Crippen molar-refractivity contribution in [2.24, 2.45) is 0 Å². The minimum absolute atomic E-state index is 0.515. The molecule has 2 N–H and O–H groups in total. The molecule has 6 nitrogen and oxygen atoms in total. The topological polar surface area (TPSA) is 76.7 Å². The van der Waals surface area contributed by atoms with Gasteiger partial charge in [-0.25, -0.2) is 0 Å². The van der Waals surface area contributed by atoms with Crippen molar-refractivity contribution in [3.05, 3.63) is 23.8 Å². The molecule has 96 valence electrons. The fourth-order valence-corrected chi connectivity index (χ4v) is 1.69. The average Bonchev–Trinajstić information content (AvgIpc) is 2.34. The normalized spacial score (nSPS) is 8.68. The molecule has 2 amide bonds. The van der Waals surface area contributed by atoms with E-state index < -0.39 is 42.4 Å². The van der Waals surface area contributed by atoms with E-state index in [9.17, 15) is 9.59 Å². The number of rotatable bonds is 4. The van der Waals surface area contributed by atoms with Gasteiger partial charge in [-0.2, -0.15) is 0 Å². The summed E-state index contributed by atoms with van der Waals surface area (Å²) >= 11 is -1.23. The average molecular weight is 290 g/mol. The van der Waals surface area contributed by atoms with E-state index in [0.717, 1.165) is 5.56 Å². The number of carbonyl (C=O) groups excluding carboxylic acids is 2. The first-order chi connectivity index (χ1) is 9.06. The van der Waals surface area contributed by atoms with E-state index in [4.69, 9.17) is 7.58 Å². The molecule has 1 rings (SSSR count). The molecule has 0 saturated heterocycles. The molecule has 0 radical (unpaired) electrons. The van der Waals surface area contributed by atoms with Crippen LogP contribution in [0, 0.1) is 6.92 Å². The first-order valence-corrected chi connectivity index (χ1v) is 7.92. The Bertz CT molecular complexity index is 519. The van der Waals surface area contributed by atoms with E-state index in [0.29, 0.717) is 11.4 Å². The number of benzene rings is 1. The molecule has 0 aliphatic heterocycles. The summed E-state index contributed by atoms with van der Waals surface area (Å²) in [4.78, 5) is 22.6. The Morgan fingerprint density at radius 2 is 1.68 bits per heavy atom. The molecule has 0 atom stereocenters. The third-order valence-corrected chi connectivity index (χ3v) is 2.86. The zero-order valence-electron chi connectivity index (χ0n) is 10.4. The van der Waals surface area contributed by atoms with Crippen molar-refractivity contribution in [3.63, 3.8) is 0 Å². The number of amides is 2. The molecule has 0 heterocycles. The predicted molar refractivity (Wildman–Crippen MR) is 77.1 cm³/mol. The number of anilines is 2. The van der Waals surface area contributed by atoms with Crippen LogP contribution in [-0.4, -0.2) is 53.2 Å². The quantitative estimate of drug-likeness (QED) is 0.817. The summed E-state index contributed by atoms with van der Waals surface area (Å²) in [6.07, 6.45) is -1.13. The second-order valence-corrected chi connectivity index (χ2v) is 4.56. The van der Waals surface area contributed by atoms with Crippen LogP contribution in [0.5, 0.6) is 0 Å². The molecule has 1 aromatic carbocycles. The zero-order valence-corrected chi connectivity index (χ0v) is 12.7. The standard InChI is InChI=1S/C9H10N2O4.2CH2.2Al/c1-5-2-3-6(10-8(12)13)4-7(5)11-9(14)15;;;;/h2-4,10-11H,1H3,(H,12,13)(H,14,15);2*1H2;;/q;;;2*+1/p-2. The molecule has 0 aliphatic rings. The van der Waals surface area contributed by atoms with Gasteiger partial charge in [0.05, 0.1) is 0 Å². The monoisotopic (exact) mass is 290 g/mol. The van der Waals surface area contributed by atoms with Crippen molar-refractivity contribution < 1.29 is 17.2 Å². The molecule has 0 unspecified atom stereocenters. The number of nitrogens with one attached hydrogen (secondary N) is 2. The number of hydrogen-bond acceptors (Lipinski definition) is 4. The van der Waals surface area contributed by atoms with Gasteiger partial charge in [0.1, 0.15) is 0 Å². The summed E-state index contributed by atoms with van der Waals surface area (Å²) in [7, 11) is 0. The molecule has 0 aromatic heterocycles. The van der Waals surface area contributed by atoms with Crippen LogP contribution in [0.2, 0.25) is 0 Å². The van der Waals surface area contributed by atoms with Gasteiger partial charge in [-0.3, -0.25) is 0 Å². The fourth-order valence-electron chi connectivity index (χ4n) is 1.27. The number of aryl methyl sites for hydroxylation is 1.